The first kappa shape index (κ1) is 16.5. The van der Waals surface area contributed by atoms with Gasteiger partial charge in [-0.05, 0) is 33.4 Å². The van der Waals surface area contributed by atoms with Crippen molar-refractivity contribution in [3.8, 4) is 0 Å². The lowest BCUT2D eigenvalue weighted by Gasteiger charge is -2.37. The SMILES string of the molecule is CCc1nc(CN2CCCC(N(C)Cc3cnc(C)s3)C2)no1. The summed E-state index contributed by atoms with van der Waals surface area (Å²) in [6, 6.07) is 0.573. The van der Waals surface area contributed by atoms with Crippen molar-refractivity contribution in [2.75, 3.05) is 20.1 Å². The lowest BCUT2D eigenvalue weighted by atomic mass is 10.0. The molecule has 126 valence electrons. The Balaban J connectivity index is 1.54. The Kier molecular flexibility index (Phi) is 5.40. The third-order valence-corrected chi connectivity index (χ3v) is 5.25. The van der Waals surface area contributed by atoms with Crippen LogP contribution < -0.4 is 0 Å². The standard InChI is InChI=1S/C16H25N5OS/c1-4-16-18-15(19-22-16)11-21-7-5-6-13(9-21)20(3)10-14-8-17-12(2)23-14/h8,13H,4-7,9-11H2,1-3H3. The zero-order valence-electron chi connectivity index (χ0n) is 14.2. The summed E-state index contributed by atoms with van der Waals surface area (Å²) in [4.78, 5) is 15.0. The van der Waals surface area contributed by atoms with Crippen molar-refractivity contribution in [2.24, 2.45) is 0 Å². The average molecular weight is 335 g/mol. The molecular weight excluding hydrogens is 310 g/mol. The molecule has 0 aliphatic carbocycles. The predicted molar refractivity (Wildman–Crippen MR) is 90.3 cm³/mol. The van der Waals surface area contributed by atoms with Crippen LogP contribution >= 0.6 is 11.3 Å². The molecule has 7 heteroatoms. The lowest BCUT2D eigenvalue weighted by molar-refractivity contribution is 0.105. The van der Waals surface area contributed by atoms with E-state index < -0.39 is 0 Å². The van der Waals surface area contributed by atoms with Crippen LogP contribution in [-0.2, 0) is 19.5 Å². The van der Waals surface area contributed by atoms with Gasteiger partial charge < -0.3 is 4.52 Å². The summed E-state index contributed by atoms with van der Waals surface area (Å²) in [6.45, 7) is 8.03. The molecule has 0 aromatic carbocycles. The van der Waals surface area contributed by atoms with Gasteiger partial charge in [-0.25, -0.2) is 4.98 Å². The van der Waals surface area contributed by atoms with E-state index >= 15 is 0 Å². The van der Waals surface area contributed by atoms with Crippen molar-refractivity contribution in [3.63, 3.8) is 0 Å². The van der Waals surface area contributed by atoms with E-state index in [4.69, 9.17) is 4.52 Å². The van der Waals surface area contributed by atoms with Gasteiger partial charge in [0.15, 0.2) is 5.82 Å². The first-order valence-electron chi connectivity index (χ1n) is 8.29. The van der Waals surface area contributed by atoms with E-state index in [1.807, 2.05) is 13.1 Å². The molecule has 1 aliphatic rings. The van der Waals surface area contributed by atoms with Crippen LogP contribution in [-0.4, -0.2) is 51.1 Å². The Labute approximate surface area is 141 Å². The van der Waals surface area contributed by atoms with Crippen molar-refractivity contribution in [2.45, 2.75) is 52.2 Å². The summed E-state index contributed by atoms with van der Waals surface area (Å²) in [5.41, 5.74) is 0. The fraction of sp³-hybridized carbons (Fsp3) is 0.688. The second-order valence-electron chi connectivity index (χ2n) is 6.25. The number of nitrogens with zero attached hydrogens (tertiary/aromatic N) is 5. The summed E-state index contributed by atoms with van der Waals surface area (Å²) >= 11 is 1.79. The molecule has 3 heterocycles. The van der Waals surface area contributed by atoms with E-state index in [0.29, 0.717) is 6.04 Å². The summed E-state index contributed by atoms with van der Waals surface area (Å²) in [7, 11) is 2.22. The topological polar surface area (TPSA) is 58.3 Å². The monoisotopic (exact) mass is 335 g/mol. The molecule has 1 unspecified atom stereocenters. The molecule has 0 bridgehead atoms. The highest BCUT2D eigenvalue weighted by Gasteiger charge is 2.24. The van der Waals surface area contributed by atoms with Gasteiger partial charge in [-0.3, -0.25) is 9.80 Å². The lowest BCUT2D eigenvalue weighted by Crippen LogP contribution is -2.45. The van der Waals surface area contributed by atoms with Crippen LogP contribution in [0.15, 0.2) is 10.7 Å². The van der Waals surface area contributed by atoms with E-state index in [1.54, 1.807) is 11.3 Å². The van der Waals surface area contributed by atoms with Crippen molar-refractivity contribution in [1.82, 2.24) is 24.9 Å². The number of rotatable bonds is 6. The minimum Gasteiger partial charge on any atom is -0.339 e. The second-order valence-corrected chi connectivity index (χ2v) is 7.57. The highest BCUT2D eigenvalue weighted by molar-refractivity contribution is 7.11. The van der Waals surface area contributed by atoms with E-state index in [2.05, 4.69) is 38.9 Å². The average Bonchev–Trinajstić information content (AvgIpc) is 3.16. The van der Waals surface area contributed by atoms with E-state index in [-0.39, 0.29) is 0 Å². The minimum atomic E-state index is 0.573. The van der Waals surface area contributed by atoms with E-state index in [0.717, 1.165) is 49.3 Å². The van der Waals surface area contributed by atoms with Crippen LogP contribution in [0.3, 0.4) is 0 Å². The smallest absolute Gasteiger partial charge is 0.226 e. The first-order chi connectivity index (χ1) is 11.1. The molecule has 0 spiro atoms. The van der Waals surface area contributed by atoms with E-state index in [9.17, 15) is 0 Å². The number of hydrogen-bond donors (Lipinski definition) is 0. The maximum Gasteiger partial charge on any atom is 0.226 e. The molecule has 0 amide bonds. The summed E-state index contributed by atoms with van der Waals surface area (Å²) in [5, 5.41) is 5.21. The van der Waals surface area contributed by atoms with Crippen molar-refractivity contribution < 1.29 is 4.52 Å². The van der Waals surface area contributed by atoms with Crippen molar-refractivity contribution >= 4 is 11.3 Å². The number of likely N-dealkylation sites (tertiary alicyclic amines) is 1. The molecule has 0 N–H and O–H groups in total. The van der Waals surface area contributed by atoms with Crippen LogP contribution in [0.25, 0.3) is 0 Å². The molecule has 2 aromatic heterocycles. The molecule has 1 atom stereocenters. The highest BCUT2D eigenvalue weighted by atomic mass is 32.1. The Morgan fingerprint density at radius 3 is 3.04 bits per heavy atom. The number of piperidine rings is 1. The molecule has 1 fully saturated rings. The fourth-order valence-electron chi connectivity index (χ4n) is 3.09. The molecule has 1 aliphatic heterocycles. The number of aryl methyl sites for hydroxylation is 2. The number of thiazole rings is 1. The fourth-order valence-corrected chi connectivity index (χ4v) is 3.94. The quantitative estimate of drug-likeness (QED) is 0.808. The third kappa shape index (κ3) is 4.37. The number of likely N-dealkylation sites (N-methyl/N-ethyl adjacent to an activating group) is 1. The molecule has 6 nitrogen and oxygen atoms in total. The Morgan fingerprint density at radius 2 is 2.35 bits per heavy atom. The van der Waals surface area contributed by atoms with Crippen LogP contribution in [0.2, 0.25) is 0 Å². The van der Waals surface area contributed by atoms with E-state index in [1.165, 1.54) is 17.7 Å². The zero-order valence-corrected chi connectivity index (χ0v) is 15.0. The number of hydrogen-bond acceptors (Lipinski definition) is 7. The van der Waals surface area contributed by atoms with Crippen LogP contribution in [0.1, 0.15) is 41.4 Å². The maximum atomic E-state index is 5.21. The van der Waals surface area contributed by atoms with Gasteiger partial charge in [0.1, 0.15) is 0 Å². The molecule has 0 radical (unpaired) electrons. The maximum absolute atomic E-state index is 5.21. The Hall–Kier alpha value is -1.31. The third-order valence-electron chi connectivity index (χ3n) is 4.36. The minimum absolute atomic E-state index is 0.573. The van der Waals surface area contributed by atoms with Gasteiger partial charge in [0.05, 0.1) is 11.6 Å². The first-order valence-corrected chi connectivity index (χ1v) is 9.11. The molecule has 2 aromatic rings. The van der Waals surface area contributed by atoms with Crippen molar-refractivity contribution in [3.05, 3.63) is 27.8 Å². The van der Waals surface area contributed by atoms with Gasteiger partial charge in [0.2, 0.25) is 5.89 Å². The highest BCUT2D eigenvalue weighted by Crippen LogP contribution is 2.20. The zero-order chi connectivity index (χ0) is 16.2. The van der Waals surface area contributed by atoms with Crippen LogP contribution in [0.5, 0.6) is 0 Å². The summed E-state index contributed by atoms with van der Waals surface area (Å²) in [5.74, 6) is 1.54. The Morgan fingerprint density at radius 1 is 1.48 bits per heavy atom. The summed E-state index contributed by atoms with van der Waals surface area (Å²) < 4.78 is 5.21. The normalized spacial score (nSPS) is 19.6. The van der Waals surface area contributed by atoms with Gasteiger partial charge in [-0.2, -0.15) is 4.98 Å². The number of aromatic nitrogens is 3. The van der Waals surface area contributed by atoms with Gasteiger partial charge in [-0.15, -0.1) is 11.3 Å². The largest absolute Gasteiger partial charge is 0.339 e. The predicted octanol–water partition coefficient (Wildman–Crippen LogP) is 2.49. The molecule has 1 saturated heterocycles. The van der Waals surface area contributed by atoms with Crippen LogP contribution in [0.4, 0.5) is 0 Å². The van der Waals surface area contributed by atoms with Gasteiger partial charge in [-0.1, -0.05) is 12.1 Å². The summed E-state index contributed by atoms with van der Waals surface area (Å²) in [6.07, 6.45) is 5.27. The Bertz CT molecular complexity index is 626. The second kappa shape index (κ2) is 7.51. The molecule has 3 rings (SSSR count). The molecule has 23 heavy (non-hydrogen) atoms. The van der Waals surface area contributed by atoms with Gasteiger partial charge >= 0.3 is 0 Å². The van der Waals surface area contributed by atoms with Crippen molar-refractivity contribution in [1.29, 1.82) is 0 Å². The molecular formula is C16H25N5OS. The van der Waals surface area contributed by atoms with Gasteiger partial charge in [0.25, 0.3) is 0 Å². The van der Waals surface area contributed by atoms with Gasteiger partial charge in [0, 0.05) is 36.6 Å². The van der Waals surface area contributed by atoms with Crippen LogP contribution in [0, 0.1) is 6.92 Å². The molecule has 0 saturated carbocycles.